The molecular formula is C14H13NO5. The summed E-state index contributed by atoms with van der Waals surface area (Å²) in [6.07, 6.45) is 0. The fourth-order valence-corrected chi connectivity index (χ4v) is 1.68. The molecule has 0 aliphatic rings. The first-order chi connectivity index (χ1) is 9.49. The predicted octanol–water partition coefficient (Wildman–Crippen LogP) is 2.11. The first kappa shape index (κ1) is 13.5. The van der Waals surface area contributed by atoms with E-state index in [1.54, 1.807) is 12.1 Å². The zero-order valence-corrected chi connectivity index (χ0v) is 10.4. The van der Waals surface area contributed by atoms with Gasteiger partial charge in [-0.15, -0.1) is 0 Å². The molecule has 20 heavy (non-hydrogen) atoms. The van der Waals surface area contributed by atoms with E-state index in [-0.39, 0.29) is 17.9 Å². The molecule has 104 valence electrons. The Morgan fingerprint density at radius 1 is 0.950 bits per heavy atom. The quantitative estimate of drug-likeness (QED) is 0.547. The van der Waals surface area contributed by atoms with Crippen LogP contribution in [0.25, 0.3) is 0 Å². The van der Waals surface area contributed by atoms with Crippen LogP contribution in [-0.2, 0) is 6.54 Å². The van der Waals surface area contributed by atoms with E-state index < -0.39 is 17.5 Å². The third kappa shape index (κ3) is 2.74. The average molecular weight is 275 g/mol. The van der Waals surface area contributed by atoms with E-state index in [9.17, 15) is 20.1 Å². The van der Waals surface area contributed by atoms with Crippen molar-refractivity contribution in [2.75, 3.05) is 5.32 Å². The summed E-state index contributed by atoms with van der Waals surface area (Å²) in [6.45, 7) is 0.214. The van der Waals surface area contributed by atoms with Crippen LogP contribution in [0.5, 0.6) is 17.2 Å². The third-order valence-corrected chi connectivity index (χ3v) is 2.83. The van der Waals surface area contributed by atoms with Crippen LogP contribution >= 0.6 is 0 Å². The lowest BCUT2D eigenvalue weighted by molar-refractivity contribution is 0.0697. The Balaban J connectivity index is 2.09. The van der Waals surface area contributed by atoms with Gasteiger partial charge in [-0.3, -0.25) is 0 Å². The normalized spacial score (nSPS) is 10.2. The number of phenolic OH excluding ortho intramolecular Hbond substituents is 3. The van der Waals surface area contributed by atoms with Crippen LogP contribution in [0, 0.1) is 0 Å². The minimum Gasteiger partial charge on any atom is -0.504 e. The van der Waals surface area contributed by atoms with Crippen molar-refractivity contribution in [3.05, 3.63) is 47.5 Å². The molecule has 0 unspecified atom stereocenters. The Kier molecular flexibility index (Phi) is 3.65. The van der Waals surface area contributed by atoms with Gasteiger partial charge in [0.05, 0.1) is 5.56 Å². The summed E-state index contributed by atoms with van der Waals surface area (Å²) >= 11 is 0. The number of aromatic carboxylic acids is 1. The van der Waals surface area contributed by atoms with Gasteiger partial charge < -0.3 is 25.7 Å². The molecule has 2 aromatic carbocycles. The Labute approximate surface area is 114 Å². The lowest BCUT2D eigenvalue weighted by Gasteiger charge is -2.10. The van der Waals surface area contributed by atoms with Crippen molar-refractivity contribution in [3.63, 3.8) is 0 Å². The van der Waals surface area contributed by atoms with Gasteiger partial charge >= 0.3 is 5.97 Å². The minimum absolute atomic E-state index is 0.181. The van der Waals surface area contributed by atoms with Crippen molar-refractivity contribution in [1.82, 2.24) is 0 Å². The number of nitrogens with one attached hydrogen (secondary N) is 1. The summed E-state index contributed by atoms with van der Waals surface area (Å²) in [6, 6.07) is 8.86. The Hall–Kier alpha value is -2.89. The highest BCUT2D eigenvalue weighted by atomic mass is 16.4. The molecule has 0 atom stereocenters. The molecule has 0 fully saturated rings. The summed E-state index contributed by atoms with van der Waals surface area (Å²) in [5.41, 5.74) is 1.25. The Morgan fingerprint density at radius 2 is 1.60 bits per heavy atom. The number of rotatable bonds is 4. The Bertz CT molecular complexity index is 637. The molecule has 0 radical (unpaired) electrons. The number of carbonyl (C=O) groups is 1. The van der Waals surface area contributed by atoms with E-state index in [0.29, 0.717) is 11.3 Å². The molecule has 0 spiro atoms. The highest BCUT2D eigenvalue weighted by Crippen LogP contribution is 2.37. The minimum atomic E-state index is -1.00. The van der Waals surface area contributed by atoms with E-state index in [1.165, 1.54) is 24.3 Å². The SMILES string of the molecule is O=C(O)c1ccc(NCc2ccc(O)c(O)c2O)cc1. The number of carboxylic acids is 1. The monoisotopic (exact) mass is 275 g/mol. The van der Waals surface area contributed by atoms with Gasteiger partial charge in [-0.25, -0.2) is 4.79 Å². The standard InChI is InChI=1S/C14H13NO5/c16-11-6-3-9(12(17)13(11)18)7-15-10-4-1-8(2-5-10)14(19)20/h1-6,15-18H,7H2,(H,19,20). The van der Waals surface area contributed by atoms with Crippen LogP contribution in [0.4, 0.5) is 5.69 Å². The van der Waals surface area contributed by atoms with E-state index in [0.717, 1.165) is 0 Å². The van der Waals surface area contributed by atoms with Crippen molar-refractivity contribution in [2.24, 2.45) is 0 Å². The predicted molar refractivity (Wildman–Crippen MR) is 72.2 cm³/mol. The number of hydrogen-bond donors (Lipinski definition) is 5. The van der Waals surface area contributed by atoms with Gasteiger partial charge in [0, 0.05) is 17.8 Å². The first-order valence-corrected chi connectivity index (χ1v) is 5.79. The number of carboxylic acid groups (broad SMARTS) is 1. The highest BCUT2D eigenvalue weighted by Gasteiger charge is 2.10. The molecule has 2 rings (SSSR count). The van der Waals surface area contributed by atoms with E-state index >= 15 is 0 Å². The molecule has 0 heterocycles. The summed E-state index contributed by atoms with van der Waals surface area (Å²) in [7, 11) is 0. The van der Waals surface area contributed by atoms with E-state index in [4.69, 9.17) is 5.11 Å². The van der Waals surface area contributed by atoms with E-state index in [2.05, 4.69) is 5.32 Å². The second kappa shape index (κ2) is 5.40. The van der Waals surface area contributed by atoms with Crippen LogP contribution in [0.15, 0.2) is 36.4 Å². The second-order valence-electron chi connectivity index (χ2n) is 4.18. The van der Waals surface area contributed by atoms with Gasteiger partial charge in [0.15, 0.2) is 11.5 Å². The topological polar surface area (TPSA) is 110 Å². The van der Waals surface area contributed by atoms with Crippen LogP contribution in [0.2, 0.25) is 0 Å². The van der Waals surface area contributed by atoms with Crippen LogP contribution in [-0.4, -0.2) is 26.4 Å². The number of hydrogen-bond acceptors (Lipinski definition) is 5. The van der Waals surface area contributed by atoms with Crippen LogP contribution < -0.4 is 5.32 Å². The zero-order chi connectivity index (χ0) is 14.7. The van der Waals surface area contributed by atoms with Crippen LogP contribution in [0.3, 0.4) is 0 Å². The van der Waals surface area contributed by atoms with Gasteiger partial charge in [0.1, 0.15) is 0 Å². The molecule has 0 amide bonds. The number of benzene rings is 2. The maximum absolute atomic E-state index is 10.7. The molecule has 0 saturated carbocycles. The van der Waals surface area contributed by atoms with Crippen molar-refractivity contribution in [1.29, 1.82) is 0 Å². The highest BCUT2D eigenvalue weighted by molar-refractivity contribution is 5.88. The fourth-order valence-electron chi connectivity index (χ4n) is 1.68. The van der Waals surface area contributed by atoms with Crippen molar-refractivity contribution in [2.45, 2.75) is 6.54 Å². The molecule has 6 heteroatoms. The number of aromatic hydroxyl groups is 3. The maximum Gasteiger partial charge on any atom is 0.335 e. The first-order valence-electron chi connectivity index (χ1n) is 5.79. The third-order valence-electron chi connectivity index (χ3n) is 2.83. The summed E-state index contributed by atoms with van der Waals surface area (Å²) < 4.78 is 0. The van der Waals surface area contributed by atoms with Crippen molar-refractivity contribution >= 4 is 11.7 Å². The summed E-state index contributed by atoms with van der Waals surface area (Å²) in [5, 5.41) is 40.0. The van der Waals surface area contributed by atoms with Crippen molar-refractivity contribution < 1.29 is 25.2 Å². The second-order valence-corrected chi connectivity index (χ2v) is 4.18. The Morgan fingerprint density at radius 3 is 2.20 bits per heavy atom. The van der Waals surface area contributed by atoms with Gasteiger partial charge in [-0.1, -0.05) is 0 Å². The summed E-state index contributed by atoms with van der Waals surface area (Å²) in [4.78, 5) is 10.7. The summed E-state index contributed by atoms with van der Waals surface area (Å²) in [5.74, 6) is -2.35. The lowest BCUT2D eigenvalue weighted by Crippen LogP contribution is -2.01. The smallest absolute Gasteiger partial charge is 0.335 e. The molecule has 0 saturated heterocycles. The fraction of sp³-hybridized carbons (Fsp3) is 0.0714. The van der Waals surface area contributed by atoms with Crippen molar-refractivity contribution in [3.8, 4) is 17.2 Å². The molecular weight excluding hydrogens is 262 g/mol. The molecule has 2 aromatic rings. The molecule has 5 N–H and O–H groups in total. The lowest BCUT2D eigenvalue weighted by atomic mass is 10.1. The molecule has 0 aliphatic heterocycles. The molecule has 0 aromatic heterocycles. The van der Waals surface area contributed by atoms with Gasteiger partial charge in [0.2, 0.25) is 5.75 Å². The molecule has 6 nitrogen and oxygen atoms in total. The maximum atomic E-state index is 10.7. The zero-order valence-electron chi connectivity index (χ0n) is 10.4. The van der Waals surface area contributed by atoms with Gasteiger partial charge in [-0.05, 0) is 36.4 Å². The van der Waals surface area contributed by atoms with Crippen LogP contribution in [0.1, 0.15) is 15.9 Å². The van der Waals surface area contributed by atoms with E-state index in [1.807, 2.05) is 0 Å². The van der Waals surface area contributed by atoms with Gasteiger partial charge in [-0.2, -0.15) is 0 Å². The number of anilines is 1. The average Bonchev–Trinajstić information content (AvgIpc) is 2.44. The molecule has 0 bridgehead atoms. The number of phenols is 3. The van der Waals surface area contributed by atoms with Gasteiger partial charge in [0.25, 0.3) is 0 Å². The largest absolute Gasteiger partial charge is 0.504 e. The molecule has 0 aliphatic carbocycles.